The Balaban J connectivity index is 2.14. The lowest BCUT2D eigenvalue weighted by Gasteiger charge is -2.31. The molecule has 0 bridgehead atoms. The molecule has 118 valence electrons. The van der Waals surface area contributed by atoms with Crippen LogP contribution in [0.1, 0.15) is 12.0 Å². The normalized spacial score (nSPS) is 18.8. The van der Waals surface area contributed by atoms with Crippen molar-refractivity contribution >= 4 is 22.6 Å². The molecule has 0 saturated carbocycles. The predicted octanol–water partition coefficient (Wildman–Crippen LogP) is 4.70. The molecule has 0 radical (unpaired) electrons. The molecule has 0 spiro atoms. The summed E-state index contributed by atoms with van der Waals surface area (Å²) in [4.78, 5) is 2.65. The summed E-state index contributed by atoms with van der Waals surface area (Å²) in [7, 11) is 1.64. The van der Waals surface area contributed by atoms with E-state index in [9.17, 15) is 0 Å². The van der Waals surface area contributed by atoms with Gasteiger partial charge in [-0.15, -0.1) is 6.42 Å². The number of terminal acetylenes is 1. The molecule has 0 fully saturated rings. The predicted molar refractivity (Wildman–Crippen MR) is 98.0 cm³/mol. The van der Waals surface area contributed by atoms with Crippen molar-refractivity contribution in [3.8, 4) is 18.1 Å². The monoisotopic (exact) mass is 421 g/mol. The number of ether oxygens (including phenoxy) is 2. The standard InChI is InChI=1S/C17H16IN3O2/c1-3-17(18,13-4-8-15(22-2)9-5-13)14-6-10-16(11-7-14)23-12-20-21-19/h1,4-6,8-11,14H,7,12H2,2H3. The molecule has 0 aliphatic heterocycles. The minimum Gasteiger partial charge on any atom is -0.497 e. The topological polar surface area (TPSA) is 67.2 Å². The molecule has 2 atom stereocenters. The largest absolute Gasteiger partial charge is 0.497 e. The van der Waals surface area contributed by atoms with Crippen molar-refractivity contribution in [3.63, 3.8) is 0 Å². The van der Waals surface area contributed by atoms with E-state index >= 15 is 0 Å². The van der Waals surface area contributed by atoms with E-state index in [1.807, 2.05) is 42.5 Å². The molecule has 2 unspecified atom stereocenters. The molecule has 1 aliphatic carbocycles. The molecule has 1 aromatic carbocycles. The lowest BCUT2D eigenvalue weighted by molar-refractivity contribution is 0.230. The summed E-state index contributed by atoms with van der Waals surface area (Å²) < 4.78 is 10.1. The lowest BCUT2D eigenvalue weighted by atomic mass is 9.82. The third-order valence-corrected chi connectivity index (χ3v) is 5.38. The number of hydrogen-bond donors (Lipinski definition) is 0. The molecule has 5 nitrogen and oxygen atoms in total. The SMILES string of the molecule is C#CC(I)(c1ccc(OC)cc1)C1C=CC(OCN=[N+]=[N-])=CC1. The fourth-order valence-corrected chi connectivity index (χ4v) is 3.19. The Kier molecular flexibility index (Phi) is 5.97. The van der Waals surface area contributed by atoms with Gasteiger partial charge in [0.05, 0.1) is 7.11 Å². The summed E-state index contributed by atoms with van der Waals surface area (Å²) in [5.41, 5.74) is 9.31. The van der Waals surface area contributed by atoms with Crippen LogP contribution in [0.25, 0.3) is 10.4 Å². The van der Waals surface area contributed by atoms with Crippen LogP contribution in [0.3, 0.4) is 0 Å². The zero-order valence-corrected chi connectivity index (χ0v) is 14.8. The van der Waals surface area contributed by atoms with E-state index in [0.717, 1.165) is 17.7 Å². The average Bonchev–Trinajstić information content (AvgIpc) is 2.62. The molecule has 0 saturated heterocycles. The minimum atomic E-state index is -0.451. The number of alkyl halides is 1. The number of methoxy groups -OCH3 is 1. The summed E-state index contributed by atoms with van der Waals surface area (Å²) in [5, 5.41) is 3.35. The Labute approximate surface area is 149 Å². The van der Waals surface area contributed by atoms with Crippen molar-refractivity contribution < 1.29 is 9.47 Å². The quantitative estimate of drug-likeness (QED) is 0.167. The molecule has 0 N–H and O–H groups in total. The fourth-order valence-electron chi connectivity index (χ4n) is 2.37. The Morgan fingerprint density at radius 1 is 1.48 bits per heavy atom. The van der Waals surface area contributed by atoms with Gasteiger partial charge in [0, 0.05) is 10.8 Å². The maximum atomic E-state index is 8.25. The Bertz CT molecular complexity index is 700. The number of hydrogen-bond acceptors (Lipinski definition) is 3. The van der Waals surface area contributed by atoms with E-state index in [-0.39, 0.29) is 12.6 Å². The van der Waals surface area contributed by atoms with Gasteiger partial charge < -0.3 is 9.47 Å². The number of rotatable bonds is 6. The van der Waals surface area contributed by atoms with E-state index in [0.29, 0.717) is 5.76 Å². The van der Waals surface area contributed by atoms with Crippen molar-refractivity contribution in [1.29, 1.82) is 0 Å². The zero-order valence-electron chi connectivity index (χ0n) is 12.6. The average molecular weight is 421 g/mol. The molecule has 2 rings (SSSR count). The van der Waals surface area contributed by atoms with Gasteiger partial charge in [-0.3, -0.25) is 0 Å². The Morgan fingerprint density at radius 3 is 2.74 bits per heavy atom. The van der Waals surface area contributed by atoms with E-state index in [1.54, 1.807) is 7.11 Å². The lowest BCUT2D eigenvalue weighted by Crippen LogP contribution is -2.26. The van der Waals surface area contributed by atoms with Crippen LogP contribution in [0.5, 0.6) is 5.75 Å². The fraction of sp³-hybridized carbons (Fsp3) is 0.294. The summed E-state index contributed by atoms with van der Waals surface area (Å²) in [5.74, 6) is 4.57. The van der Waals surface area contributed by atoms with Gasteiger partial charge in [0.1, 0.15) is 14.9 Å². The number of halogens is 1. The second kappa shape index (κ2) is 7.95. The third-order valence-electron chi connectivity index (χ3n) is 3.65. The molecular weight excluding hydrogens is 405 g/mol. The molecular formula is C17H16IN3O2. The highest BCUT2D eigenvalue weighted by Crippen LogP contribution is 2.43. The smallest absolute Gasteiger partial charge is 0.167 e. The van der Waals surface area contributed by atoms with E-state index in [4.69, 9.17) is 21.4 Å². The summed E-state index contributed by atoms with van der Waals surface area (Å²) in [6.45, 7) is -0.0136. The van der Waals surface area contributed by atoms with Crippen LogP contribution < -0.4 is 4.74 Å². The van der Waals surface area contributed by atoms with Gasteiger partial charge >= 0.3 is 0 Å². The van der Waals surface area contributed by atoms with E-state index in [2.05, 4.69) is 38.5 Å². The van der Waals surface area contributed by atoms with E-state index < -0.39 is 3.42 Å². The highest BCUT2D eigenvalue weighted by atomic mass is 127. The van der Waals surface area contributed by atoms with Crippen LogP contribution in [0.4, 0.5) is 0 Å². The third kappa shape index (κ3) is 4.01. The first-order valence-electron chi connectivity index (χ1n) is 6.97. The summed E-state index contributed by atoms with van der Waals surface area (Å²) in [6.07, 6.45) is 12.5. The van der Waals surface area contributed by atoms with Gasteiger partial charge in [0.15, 0.2) is 6.73 Å². The number of nitrogens with zero attached hydrogens (tertiary/aromatic N) is 3. The second-order valence-corrected chi connectivity index (χ2v) is 6.60. The van der Waals surface area contributed by atoms with Gasteiger partial charge in [-0.25, -0.2) is 0 Å². The second-order valence-electron chi connectivity index (χ2n) is 4.90. The van der Waals surface area contributed by atoms with E-state index in [1.165, 1.54) is 0 Å². The van der Waals surface area contributed by atoms with Crippen molar-refractivity contribution in [1.82, 2.24) is 0 Å². The molecule has 1 aromatic rings. The van der Waals surface area contributed by atoms with Gasteiger partial charge in [-0.2, -0.15) is 0 Å². The zero-order chi connectivity index (χ0) is 16.7. The van der Waals surface area contributed by atoms with Crippen molar-refractivity contribution in [2.45, 2.75) is 9.84 Å². The number of azide groups is 1. The van der Waals surface area contributed by atoms with Gasteiger partial charge in [0.2, 0.25) is 0 Å². The minimum absolute atomic E-state index is 0.0136. The van der Waals surface area contributed by atoms with Gasteiger partial charge in [0.25, 0.3) is 0 Å². The van der Waals surface area contributed by atoms with Crippen LogP contribution in [0.15, 0.2) is 53.4 Å². The molecule has 1 aliphatic rings. The Hall–Kier alpha value is -2.10. The first-order chi connectivity index (χ1) is 11.1. The van der Waals surface area contributed by atoms with Gasteiger partial charge in [-0.05, 0) is 41.8 Å². The maximum absolute atomic E-state index is 8.25. The van der Waals surface area contributed by atoms with Crippen LogP contribution >= 0.6 is 22.6 Å². The summed E-state index contributed by atoms with van der Waals surface area (Å²) in [6, 6.07) is 7.82. The molecule has 0 aromatic heterocycles. The first-order valence-corrected chi connectivity index (χ1v) is 8.05. The van der Waals surface area contributed by atoms with Crippen LogP contribution in [-0.4, -0.2) is 13.8 Å². The van der Waals surface area contributed by atoms with Gasteiger partial charge in [-0.1, -0.05) is 51.8 Å². The first kappa shape index (κ1) is 17.3. The number of allylic oxidation sites excluding steroid dienone is 3. The molecule has 0 heterocycles. The molecule has 0 amide bonds. The summed E-state index contributed by atoms with van der Waals surface area (Å²) >= 11 is 2.32. The van der Waals surface area contributed by atoms with Crippen LogP contribution in [0, 0.1) is 18.3 Å². The maximum Gasteiger partial charge on any atom is 0.167 e. The highest BCUT2D eigenvalue weighted by molar-refractivity contribution is 14.1. The molecule has 6 heteroatoms. The van der Waals surface area contributed by atoms with Crippen LogP contribution in [0.2, 0.25) is 0 Å². The van der Waals surface area contributed by atoms with Crippen molar-refractivity contribution in [2.75, 3.05) is 13.8 Å². The molecule has 23 heavy (non-hydrogen) atoms. The van der Waals surface area contributed by atoms with Crippen molar-refractivity contribution in [2.24, 2.45) is 11.0 Å². The van der Waals surface area contributed by atoms with Crippen LogP contribution in [-0.2, 0) is 8.16 Å². The van der Waals surface area contributed by atoms with Crippen molar-refractivity contribution in [3.05, 3.63) is 64.3 Å². The number of benzene rings is 1. The highest BCUT2D eigenvalue weighted by Gasteiger charge is 2.35. The Morgan fingerprint density at radius 2 is 2.22 bits per heavy atom.